The maximum absolute atomic E-state index is 12.5. The molecule has 0 aliphatic carbocycles. The average molecular weight is 349 g/mol. The Balaban J connectivity index is 1.86. The molecule has 0 fully saturated rings. The van der Waals surface area contributed by atoms with E-state index in [9.17, 15) is 9.59 Å². The highest BCUT2D eigenvalue weighted by molar-refractivity contribution is 7.99. The second-order valence-corrected chi connectivity index (χ2v) is 6.44. The fraction of sp³-hybridized carbons (Fsp3) is 0.105. The van der Waals surface area contributed by atoms with Crippen LogP contribution in [0.4, 0.5) is 5.69 Å². The van der Waals surface area contributed by atoms with Gasteiger partial charge in [0, 0.05) is 22.5 Å². The summed E-state index contributed by atoms with van der Waals surface area (Å²) in [7, 11) is 0. The number of nitriles is 1. The Morgan fingerprint density at radius 2 is 1.92 bits per heavy atom. The summed E-state index contributed by atoms with van der Waals surface area (Å²) in [4.78, 5) is 28.2. The summed E-state index contributed by atoms with van der Waals surface area (Å²) >= 11 is 1.51. The van der Waals surface area contributed by atoms with E-state index >= 15 is 0 Å². The van der Waals surface area contributed by atoms with Crippen LogP contribution in [0, 0.1) is 11.3 Å². The third-order valence-corrected chi connectivity index (χ3v) is 4.68. The number of nitrogens with one attached hydrogen (secondary N) is 2. The van der Waals surface area contributed by atoms with Crippen LogP contribution in [0.3, 0.4) is 0 Å². The minimum Gasteiger partial charge on any atom is -0.320 e. The Bertz CT molecular complexity index is 1020. The largest absolute Gasteiger partial charge is 0.320 e. The molecule has 0 atom stereocenters. The molecule has 1 aromatic heterocycles. The number of para-hydroxylation sites is 1. The third-order valence-electron chi connectivity index (χ3n) is 3.60. The smallest absolute Gasteiger partial charge is 0.272 e. The molecule has 2 aromatic carbocycles. The summed E-state index contributed by atoms with van der Waals surface area (Å²) in [5.41, 5.74) is 0.574. The Hall–Kier alpha value is -3.04. The van der Waals surface area contributed by atoms with E-state index in [4.69, 9.17) is 5.26 Å². The molecule has 3 rings (SSSR count). The topological polar surface area (TPSA) is 85.8 Å². The highest BCUT2D eigenvalue weighted by atomic mass is 32.2. The van der Waals surface area contributed by atoms with Crippen LogP contribution in [0.5, 0.6) is 0 Å². The number of amides is 1. The number of fused-ring (bicyclic) bond motifs is 1. The van der Waals surface area contributed by atoms with E-state index < -0.39 is 0 Å². The fourth-order valence-electron chi connectivity index (χ4n) is 2.43. The summed E-state index contributed by atoms with van der Waals surface area (Å²) in [5, 5.41) is 12.7. The number of rotatable bonds is 5. The first-order valence-corrected chi connectivity index (χ1v) is 8.70. The fourth-order valence-corrected chi connectivity index (χ4v) is 3.29. The van der Waals surface area contributed by atoms with E-state index in [1.807, 2.05) is 24.3 Å². The minimum atomic E-state index is -0.379. The van der Waals surface area contributed by atoms with Gasteiger partial charge in [-0.3, -0.25) is 9.59 Å². The van der Waals surface area contributed by atoms with Crippen LogP contribution in [-0.2, 0) is 0 Å². The van der Waals surface area contributed by atoms with Gasteiger partial charge < -0.3 is 10.3 Å². The second kappa shape index (κ2) is 7.69. The summed E-state index contributed by atoms with van der Waals surface area (Å²) < 4.78 is 0. The number of carbonyl (C=O) groups is 1. The number of carbonyl (C=O) groups excluding carboxylic acids is 1. The molecule has 3 aromatic rings. The van der Waals surface area contributed by atoms with Gasteiger partial charge in [0.1, 0.15) is 5.69 Å². The lowest BCUT2D eigenvalue weighted by atomic mass is 10.1. The standard InChI is InChI=1S/C19H15N3O2S/c20-10-5-11-25-17-9-4-3-8-15(17)21-19(24)16-12-13-6-1-2-7-14(13)18(23)22-16/h1-4,6-9,12H,5,11H2,(H,21,24)(H,22,23). The highest BCUT2D eigenvalue weighted by Crippen LogP contribution is 2.27. The van der Waals surface area contributed by atoms with Crippen molar-refractivity contribution in [2.24, 2.45) is 0 Å². The molecule has 0 saturated carbocycles. The lowest BCUT2D eigenvalue weighted by molar-refractivity contribution is 0.102. The van der Waals surface area contributed by atoms with Crippen LogP contribution in [-0.4, -0.2) is 16.6 Å². The van der Waals surface area contributed by atoms with Gasteiger partial charge in [0.05, 0.1) is 11.8 Å². The molecule has 5 nitrogen and oxygen atoms in total. The summed E-state index contributed by atoms with van der Waals surface area (Å²) in [5.74, 6) is 0.270. The zero-order valence-corrected chi connectivity index (χ0v) is 14.1. The number of aromatic amines is 1. The first-order chi connectivity index (χ1) is 12.2. The number of H-pyrrole nitrogens is 1. The lowest BCUT2D eigenvalue weighted by Gasteiger charge is -2.10. The van der Waals surface area contributed by atoms with Gasteiger partial charge in [-0.1, -0.05) is 30.3 Å². The molecule has 0 aliphatic heterocycles. The molecular formula is C19H15N3O2S. The predicted molar refractivity (Wildman–Crippen MR) is 99.9 cm³/mol. The number of thioether (sulfide) groups is 1. The predicted octanol–water partition coefficient (Wildman–Crippen LogP) is 3.79. The van der Waals surface area contributed by atoms with Gasteiger partial charge in [-0.05, 0) is 29.7 Å². The molecule has 25 heavy (non-hydrogen) atoms. The van der Waals surface area contributed by atoms with E-state index in [2.05, 4.69) is 16.4 Å². The van der Waals surface area contributed by atoms with Gasteiger partial charge in [0.25, 0.3) is 11.5 Å². The summed E-state index contributed by atoms with van der Waals surface area (Å²) in [6.07, 6.45) is 0.435. The van der Waals surface area contributed by atoms with Crippen molar-refractivity contribution in [3.63, 3.8) is 0 Å². The van der Waals surface area contributed by atoms with Crippen LogP contribution < -0.4 is 10.9 Å². The number of nitrogens with zero attached hydrogens (tertiary/aromatic N) is 1. The summed E-state index contributed by atoms with van der Waals surface area (Å²) in [6.45, 7) is 0. The molecule has 0 radical (unpaired) electrons. The maximum Gasteiger partial charge on any atom is 0.272 e. The van der Waals surface area contributed by atoms with Crippen molar-refractivity contribution < 1.29 is 4.79 Å². The number of aromatic nitrogens is 1. The maximum atomic E-state index is 12.5. The van der Waals surface area contributed by atoms with E-state index in [0.29, 0.717) is 28.6 Å². The molecule has 1 amide bonds. The van der Waals surface area contributed by atoms with E-state index in [1.54, 1.807) is 30.3 Å². The van der Waals surface area contributed by atoms with Crippen LogP contribution in [0.1, 0.15) is 16.9 Å². The summed E-state index contributed by atoms with van der Waals surface area (Å²) in [6, 6.07) is 18.3. The van der Waals surface area contributed by atoms with Crippen molar-refractivity contribution in [3.05, 3.63) is 70.6 Å². The quantitative estimate of drug-likeness (QED) is 0.542. The normalized spacial score (nSPS) is 10.4. The van der Waals surface area contributed by atoms with Gasteiger partial charge in [-0.2, -0.15) is 5.26 Å². The Morgan fingerprint density at radius 1 is 1.16 bits per heavy atom. The van der Waals surface area contributed by atoms with Crippen molar-refractivity contribution in [1.29, 1.82) is 5.26 Å². The van der Waals surface area contributed by atoms with Crippen molar-refractivity contribution in [1.82, 2.24) is 4.98 Å². The lowest BCUT2D eigenvalue weighted by Crippen LogP contribution is -2.19. The van der Waals surface area contributed by atoms with Gasteiger partial charge in [-0.15, -0.1) is 11.8 Å². The van der Waals surface area contributed by atoms with Gasteiger partial charge in [0.15, 0.2) is 0 Å². The first-order valence-electron chi connectivity index (χ1n) is 7.71. The van der Waals surface area contributed by atoms with Crippen molar-refractivity contribution in [2.75, 3.05) is 11.1 Å². The number of hydrogen-bond acceptors (Lipinski definition) is 4. The molecule has 0 unspecified atom stereocenters. The van der Waals surface area contributed by atoms with Gasteiger partial charge >= 0.3 is 0 Å². The molecule has 0 aliphatic rings. The molecule has 0 bridgehead atoms. The van der Waals surface area contributed by atoms with E-state index in [-0.39, 0.29) is 17.2 Å². The highest BCUT2D eigenvalue weighted by Gasteiger charge is 2.12. The Labute approximate surface area is 148 Å². The molecule has 124 valence electrons. The zero-order valence-electron chi connectivity index (χ0n) is 13.3. The number of benzene rings is 2. The minimum absolute atomic E-state index is 0.209. The molecular weight excluding hydrogens is 334 g/mol. The number of anilines is 1. The van der Waals surface area contributed by atoms with Crippen LogP contribution in [0.25, 0.3) is 10.8 Å². The third kappa shape index (κ3) is 3.90. The second-order valence-electron chi connectivity index (χ2n) is 5.31. The zero-order chi connectivity index (χ0) is 17.6. The van der Waals surface area contributed by atoms with Gasteiger partial charge in [0.2, 0.25) is 0 Å². The number of pyridine rings is 1. The monoisotopic (exact) mass is 349 g/mol. The average Bonchev–Trinajstić information content (AvgIpc) is 2.63. The van der Waals surface area contributed by atoms with Crippen LogP contribution in [0.15, 0.2) is 64.3 Å². The molecule has 1 heterocycles. The Morgan fingerprint density at radius 3 is 2.76 bits per heavy atom. The number of hydrogen-bond donors (Lipinski definition) is 2. The molecule has 2 N–H and O–H groups in total. The molecule has 0 spiro atoms. The van der Waals surface area contributed by atoms with E-state index in [1.165, 1.54) is 11.8 Å². The van der Waals surface area contributed by atoms with Gasteiger partial charge in [-0.25, -0.2) is 0 Å². The van der Waals surface area contributed by atoms with Crippen LogP contribution in [0.2, 0.25) is 0 Å². The first kappa shape index (κ1) is 16.8. The van der Waals surface area contributed by atoms with Crippen molar-refractivity contribution in [3.8, 4) is 6.07 Å². The van der Waals surface area contributed by atoms with E-state index in [0.717, 1.165) is 4.90 Å². The SMILES string of the molecule is N#CCCSc1ccccc1NC(=O)c1cc2ccccc2c(=O)[nH]1. The Kier molecular flexibility index (Phi) is 5.17. The van der Waals surface area contributed by atoms with Crippen molar-refractivity contribution in [2.45, 2.75) is 11.3 Å². The van der Waals surface area contributed by atoms with Crippen molar-refractivity contribution >= 4 is 34.1 Å². The molecule has 0 saturated heterocycles. The molecule has 6 heteroatoms. The van der Waals surface area contributed by atoms with Crippen LogP contribution >= 0.6 is 11.8 Å².